The van der Waals surface area contributed by atoms with Gasteiger partial charge in [-0.15, -0.1) is 0 Å². The molecule has 2 aliphatic carbocycles. The third kappa shape index (κ3) is 3.36. The van der Waals surface area contributed by atoms with E-state index in [-0.39, 0.29) is 25.4 Å². The molecule has 210 valence electrons. The second-order valence-electron chi connectivity index (χ2n) is 12.1. The Morgan fingerprint density at radius 2 is 1.82 bits per heavy atom. The molecule has 2 spiro atoms. The maximum atomic E-state index is 13.3. The molecule has 7 rings (SSSR count). The van der Waals surface area contributed by atoms with E-state index in [0.717, 1.165) is 6.42 Å². The van der Waals surface area contributed by atoms with Gasteiger partial charge in [0.15, 0.2) is 6.29 Å². The lowest BCUT2D eigenvalue weighted by Crippen LogP contribution is -2.66. The average molecular weight is 543 g/mol. The van der Waals surface area contributed by atoms with Gasteiger partial charge in [-0.1, -0.05) is 30.7 Å². The number of epoxide rings is 1. The summed E-state index contributed by atoms with van der Waals surface area (Å²) < 4.78 is 36.5. The van der Waals surface area contributed by atoms with Crippen LogP contribution in [0.2, 0.25) is 0 Å². The van der Waals surface area contributed by atoms with Crippen molar-refractivity contribution in [1.82, 2.24) is 0 Å². The smallest absolute Gasteiger partial charge is 0.331 e. The van der Waals surface area contributed by atoms with Crippen LogP contribution in [0.15, 0.2) is 47.6 Å². The van der Waals surface area contributed by atoms with Gasteiger partial charge in [0.05, 0.1) is 30.8 Å². The Labute approximate surface area is 226 Å². The van der Waals surface area contributed by atoms with Gasteiger partial charge in [-0.25, -0.2) is 9.59 Å². The molecule has 0 aromatic heterocycles. The number of hydrogen-bond donors (Lipinski definition) is 2. The number of rotatable bonds is 0. The number of ether oxygens (including phenoxy) is 6. The van der Waals surface area contributed by atoms with Crippen LogP contribution >= 0.6 is 0 Å². The number of esters is 2. The second kappa shape index (κ2) is 8.58. The predicted octanol–water partition coefficient (Wildman–Crippen LogP) is 1.40. The van der Waals surface area contributed by atoms with Crippen molar-refractivity contribution in [3.05, 3.63) is 47.6 Å². The maximum absolute atomic E-state index is 13.3. The fourth-order valence-corrected chi connectivity index (χ4v) is 8.14. The number of allylic oxidation sites excluding steroid dienone is 3. The van der Waals surface area contributed by atoms with E-state index in [1.165, 1.54) is 23.8 Å². The summed E-state index contributed by atoms with van der Waals surface area (Å²) in [6.45, 7) is 4.93. The van der Waals surface area contributed by atoms with E-state index in [0.29, 0.717) is 31.4 Å². The minimum Gasteiger partial charge on any atom is -0.462 e. The van der Waals surface area contributed by atoms with Gasteiger partial charge in [-0.05, 0) is 37.8 Å². The molecule has 2 N–H and O–H groups in total. The Hall–Kier alpha value is -2.34. The molecule has 4 saturated heterocycles. The summed E-state index contributed by atoms with van der Waals surface area (Å²) >= 11 is 0. The summed E-state index contributed by atoms with van der Waals surface area (Å²) in [6, 6.07) is 0. The van der Waals surface area contributed by atoms with E-state index in [9.17, 15) is 19.8 Å². The molecule has 0 aromatic rings. The molecule has 39 heavy (non-hydrogen) atoms. The van der Waals surface area contributed by atoms with Crippen LogP contribution in [0.4, 0.5) is 0 Å². The summed E-state index contributed by atoms with van der Waals surface area (Å²) in [7, 11) is 0. The van der Waals surface area contributed by atoms with E-state index in [4.69, 9.17) is 28.4 Å². The van der Waals surface area contributed by atoms with E-state index in [1.807, 2.05) is 0 Å². The topological polar surface area (TPSA) is 133 Å². The first-order chi connectivity index (χ1) is 18.7. The third-order valence-electron chi connectivity index (χ3n) is 10.4. The van der Waals surface area contributed by atoms with Gasteiger partial charge in [0.1, 0.15) is 36.1 Å². The van der Waals surface area contributed by atoms with Crippen LogP contribution in [0.3, 0.4) is 0 Å². The highest BCUT2D eigenvalue weighted by Crippen LogP contribution is 2.72. The Morgan fingerprint density at radius 1 is 1.00 bits per heavy atom. The van der Waals surface area contributed by atoms with Crippen molar-refractivity contribution in [3.63, 3.8) is 0 Å². The van der Waals surface area contributed by atoms with Crippen molar-refractivity contribution in [2.24, 2.45) is 10.8 Å². The van der Waals surface area contributed by atoms with Gasteiger partial charge >= 0.3 is 11.9 Å². The number of cyclic esters (lactones) is 1. The number of carbonyl (C=O) groups excluding carboxylic acids is 2. The molecule has 1 saturated carbocycles. The molecule has 5 fully saturated rings. The minimum atomic E-state index is -1.51. The SMILES string of the molecule is CC1=CC2OC3CC4OC(=O)C=C/C=C/C56OCCC(=CC(=O)OCC2(CC1)C4(C)C31CO1)C5OC(O)C6O. The molecule has 7 aliphatic rings. The molecule has 4 bridgehead atoms. The molecular weight excluding hydrogens is 508 g/mol. The fourth-order valence-electron chi connectivity index (χ4n) is 8.14. The normalized spacial score (nSPS) is 51.3. The van der Waals surface area contributed by atoms with Crippen LogP contribution in [0.1, 0.15) is 39.5 Å². The minimum absolute atomic E-state index is 0.0562. The first kappa shape index (κ1) is 25.6. The van der Waals surface area contributed by atoms with Crippen molar-refractivity contribution < 1.29 is 48.2 Å². The zero-order valence-corrected chi connectivity index (χ0v) is 22.0. The summed E-state index contributed by atoms with van der Waals surface area (Å²) in [5, 5.41) is 21.1. The third-order valence-corrected chi connectivity index (χ3v) is 10.4. The monoisotopic (exact) mass is 542 g/mol. The van der Waals surface area contributed by atoms with E-state index < -0.39 is 58.6 Å². The zero-order chi connectivity index (χ0) is 27.2. The highest BCUT2D eigenvalue weighted by molar-refractivity contribution is 5.83. The van der Waals surface area contributed by atoms with E-state index >= 15 is 0 Å². The maximum Gasteiger partial charge on any atom is 0.331 e. The second-order valence-corrected chi connectivity index (χ2v) is 12.1. The van der Waals surface area contributed by atoms with Crippen molar-refractivity contribution in [3.8, 4) is 0 Å². The molecule has 10 unspecified atom stereocenters. The summed E-state index contributed by atoms with van der Waals surface area (Å²) in [5.74, 6) is -1.08. The van der Waals surface area contributed by atoms with Gasteiger partial charge in [0.25, 0.3) is 0 Å². The molecule has 5 aliphatic heterocycles. The summed E-state index contributed by atoms with van der Waals surface area (Å²) in [4.78, 5) is 26.4. The van der Waals surface area contributed by atoms with Crippen molar-refractivity contribution in [2.75, 3.05) is 19.8 Å². The van der Waals surface area contributed by atoms with E-state index in [2.05, 4.69) is 19.9 Å². The van der Waals surface area contributed by atoms with Gasteiger partial charge in [-0.2, -0.15) is 0 Å². The van der Waals surface area contributed by atoms with Crippen LogP contribution in [-0.4, -0.2) is 90.0 Å². The lowest BCUT2D eigenvalue weighted by molar-refractivity contribution is -0.232. The number of carbonyl (C=O) groups is 2. The molecule has 0 radical (unpaired) electrons. The Kier molecular flexibility index (Phi) is 5.64. The van der Waals surface area contributed by atoms with Gasteiger partial charge < -0.3 is 38.6 Å². The predicted molar refractivity (Wildman–Crippen MR) is 133 cm³/mol. The first-order valence-electron chi connectivity index (χ1n) is 13.7. The summed E-state index contributed by atoms with van der Waals surface area (Å²) in [5.41, 5.74) is -1.58. The highest BCUT2D eigenvalue weighted by Gasteiger charge is 2.83. The van der Waals surface area contributed by atoms with Crippen molar-refractivity contribution in [1.29, 1.82) is 0 Å². The number of aliphatic hydroxyl groups excluding tert-OH is 2. The Balaban J connectivity index is 1.32. The van der Waals surface area contributed by atoms with Gasteiger partial charge in [0.2, 0.25) is 0 Å². The van der Waals surface area contributed by atoms with Crippen molar-refractivity contribution in [2.45, 2.75) is 87.5 Å². The molecule has 10 atom stereocenters. The van der Waals surface area contributed by atoms with E-state index in [1.54, 1.807) is 12.2 Å². The lowest BCUT2D eigenvalue weighted by Gasteiger charge is -2.58. The molecule has 10 heteroatoms. The lowest BCUT2D eigenvalue weighted by atomic mass is 9.51. The van der Waals surface area contributed by atoms with Crippen LogP contribution in [-0.2, 0) is 38.0 Å². The Morgan fingerprint density at radius 3 is 2.62 bits per heavy atom. The van der Waals surface area contributed by atoms with Crippen LogP contribution in [0.25, 0.3) is 0 Å². The molecule has 5 heterocycles. The van der Waals surface area contributed by atoms with Crippen LogP contribution in [0.5, 0.6) is 0 Å². The number of hydrogen-bond acceptors (Lipinski definition) is 10. The molecule has 0 amide bonds. The quantitative estimate of drug-likeness (QED) is 0.263. The molecular formula is C29H34O10. The van der Waals surface area contributed by atoms with Crippen LogP contribution in [0, 0.1) is 10.8 Å². The first-order valence-corrected chi connectivity index (χ1v) is 13.7. The molecule has 0 aromatic carbocycles. The summed E-state index contributed by atoms with van der Waals surface area (Å²) in [6.07, 6.45) is 6.94. The number of aliphatic hydroxyl groups is 2. The average Bonchev–Trinajstić information content (AvgIpc) is 3.64. The van der Waals surface area contributed by atoms with Gasteiger partial charge in [-0.3, -0.25) is 0 Å². The Bertz CT molecular complexity index is 1210. The zero-order valence-electron chi connectivity index (χ0n) is 22.0. The molecule has 10 nitrogen and oxygen atoms in total. The largest absolute Gasteiger partial charge is 0.462 e. The standard InChI is InChI=1S/C29H34O10/c1-16-6-9-27-14-34-22(31)12-17-7-10-35-28(23(32)25(33)39-24(17)28)8-4-3-5-21(30)38-18-13-20(37-19(27)11-16)29(15-36-29)26(18,27)2/h3-5,8,11-12,18-20,23-25,32-33H,6-7,9-10,13-15H2,1-2H3/b5-3?,8-4+,17-12?. The highest BCUT2D eigenvalue weighted by atomic mass is 16.7. The van der Waals surface area contributed by atoms with Crippen LogP contribution < -0.4 is 0 Å². The van der Waals surface area contributed by atoms with Gasteiger partial charge in [0, 0.05) is 24.0 Å². The van der Waals surface area contributed by atoms with Crippen molar-refractivity contribution >= 4 is 11.9 Å². The fraction of sp³-hybridized carbons (Fsp3) is 0.655.